The zero-order chi connectivity index (χ0) is 15.7. The first kappa shape index (κ1) is 14.8. The van der Waals surface area contributed by atoms with E-state index in [-0.39, 0.29) is 17.1 Å². The van der Waals surface area contributed by atoms with Gasteiger partial charge in [-0.15, -0.1) is 0 Å². The Morgan fingerprint density at radius 1 is 1.38 bits per heavy atom. The maximum absolute atomic E-state index is 11.9. The summed E-state index contributed by atoms with van der Waals surface area (Å²) in [5.74, 6) is -0.760. The first-order valence-corrected chi connectivity index (χ1v) is 6.51. The predicted octanol–water partition coefficient (Wildman–Crippen LogP) is -0.374. The number of nitrogens with one attached hydrogen (secondary N) is 2. The van der Waals surface area contributed by atoms with Gasteiger partial charge in [-0.05, 0) is 6.42 Å². The molecule has 0 aliphatic carbocycles. The van der Waals surface area contributed by atoms with Crippen molar-refractivity contribution in [2.45, 2.75) is 25.8 Å². The standard InChI is InChI=1S/C12H17N5O4/c1-4-5-6(10(19)20)13-11-14-8-7(16(11)2)9(18)15-12(21)17(8)3/h6H,4-5H2,1-3H3,(H,13,14)(H,19,20)(H,15,18,21). The maximum atomic E-state index is 11.9. The Hall–Kier alpha value is -2.58. The van der Waals surface area contributed by atoms with Crippen LogP contribution in [-0.2, 0) is 18.9 Å². The molecule has 0 spiro atoms. The predicted molar refractivity (Wildman–Crippen MR) is 76.5 cm³/mol. The van der Waals surface area contributed by atoms with Crippen molar-refractivity contribution in [3.05, 3.63) is 20.8 Å². The van der Waals surface area contributed by atoms with E-state index in [0.29, 0.717) is 12.8 Å². The third kappa shape index (κ3) is 2.54. The van der Waals surface area contributed by atoms with Crippen LogP contribution in [-0.4, -0.2) is 36.2 Å². The van der Waals surface area contributed by atoms with Crippen LogP contribution in [0.4, 0.5) is 5.95 Å². The first-order valence-electron chi connectivity index (χ1n) is 6.51. The Morgan fingerprint density at radius 3 is 2.62 bits per heavy atom. The molecule has 0 amide bonds. The van der Waals surface area contributed by atoms with Crippen LogP contribution in [0, 0.1) is 0 Å². The number of aliphatic carboxylic acids is 1. The molecule has 9 nitrogen and oxygen atoms in total. The number of carboxylic acid groups (broad SMARTS) is 1. The molecule has 0 aliphatic heterocycles. The summed E-state index contributed by atoms with van der Waals surface area (Å²) in [6, 6.07) is -0.804. The lowest BCUT2D eigenvalue weighted by atomic mass is 10.2. The summed E-state index contributed by atoms with van der Waals surface area (Å²) in [7, 11) is 3.07. The van der Waals surface area contributed by atoms with Gasteiger partial charge in [0.1, 0.15) is 6.04 Å². The van der Waals surface area contributed by atoms with Gasteiger partial charge >= 0.3 is 11.7 Å². The van der Waals surface area contributed by atoms with E-state index in [0.717, 1.165) is 0 Å². The summed E-state index contributed by atoms with van der Waals surface area (Å²) in [5, 5.41) is 12.0. The van der Waals surface area contributed by atoms with Crippen LogP contribution in [0.2, 0.25) is 0 Å². The minimum atomic E-state index is -0.994. The summed E-state index contributed by atoms with van der Waals surface area (Å²) < 4.78 is 2.65. The van der Waals surface area contributed by atoms with E-state index in [1.54, 1.807) is 7.05 Å². The fourth-order valence-corrected chi connectivity index (χ4v) is 2.14. The van der Waals surface area contributed by atoms with Crippen molar-refractivity contribution < 1.29 is 9.90 Å². The minimum absolute atomic E-state index is 0.203. The Morgan fingerprint density at radius 2 is 2.05 bits per heavy atom. The molecule has 2 aromatic rings. The molecule has 1 unspecified atom stereocenters. The van der Waals surface area contributed by atoms with Crippen molar-refractivity contribution in [2.24, 2.45) is 14.1 Å². The molecule has 2 aromatic heterocycles. The largest absolute Gasteiger partial charge is 0.480 e. The van der Waals surface area contributed by atoms with Crippen molar-refractivity contribution in [3.63, 3.8) is 0 Å². The van der Waals surface area contributed by atoms with Crippen LogP contribution < -0.4 is 16.6 Å². The third-order valence-corrected chi connectivity index (χ3v) is 3.31. The zero-order valence-corrected chi connectivity index (χ0v) is 12.0. The van der Waals surface area contributed by atoms with E-state index in [1.165, 1.54) is 16.2 Å². The lowest BCUT2D eigenvalue weighted by molar-refractivity contribution is -0.138. The van der Waals surface area contributed by atoms with Crippen molar-refractivity contribution in [3.8, 4) is 0 Å². The maximum Gasteiger partial charge on any atom is 0.329 e. The second kappa shape index (κ2) is 5.43. The van der Waals surface area contributed by atoms with Gasteiger partial charge in [0.25, 0.3) is 5.56 Å². The van der Waals surface area contributed by atoms with E-state index >= 15 is 0 Å². The van der Waals surface area contributed by atoms with Crippen LogP contribution in [0.15, 0.2) is 9.59 Å². The van der Waals surface area contributed by atoms with E-state index in [9.17, 15) is 14.4 Å². The normalized spacial score (nSPS) is 12.5. The van der Waals surface area contributed by atoms with E-state index < -0.39 is 23.3 Å². The van der Waals surface area contributed by atoms with Gasteiger partial charge in [-0.25, -0.2) is 9.59 Å². The number of anilines is 1. The minimum Gasteiger partial charge on any atom is -0.480 e. The van der Waals surface area contributed by atoms with E-state index in [4.69, 9.17) is 5.11 Å². The lowest BCUT2D eigenvalue weighted by Crippen LogP contribution is -2.30. The van der Waals surface area contributed by atoms with Crippen molar-refractivity contribution >= 4 is 23.1 Å². The molecule has 0 aliphatic rings. The number of fused-ring (bicyclic) bond motifs is 1. The second-order valence-electron chi connectivity index (χ2n) is 4.81. The van der Waals surface area contributed by atoms with E-state index in [2.05, 4.69) is 15.3 Å². The number of hydrogen-bond donors (Lipinski definition) is 3. The number of aryl methyl sites for hydroxylation is 2. The number of carbonyl (C=O) groups is 1. The highest BCUT2D eigenvalue weighted by atomic mass is 16.4. The Bertz CT molecular complexity index is 800. The fourth-order valence-electron chi connectivity index (χ4n) is 2.14. The number of aromatic nitrogens is 4. The Kier molecular flexibility index (Phi) is 3.83. The van der Waals surface area contributed by atoms with Crippen molar-refractivity contribution in [1.29, 1.82) is 0 Å². The van der Waals surface area contributed by atoms with Crippen LogP contribution in [0.5, 0.6) is 0 Å². The monoisotopic (exact) mass is 295 g/mol. The molecule has 21 heavy (non-hydrogen) atoms. The number of nitrogens with zero attached hydrogens (tertiary/aromatic N) is 3. The molecule has 0 radical (unpaired) electrons. The fraction of sp³-hybridized carbons (Fsp3) is 0.500. The average Bonchev–Trinajstić information content (AvgIpc) is 2.73. The summed E-state index contributed by atoms with van der Waals surface area (Å²) >= 11 is 0. The molecule has 2 rings (SSSR count). The highest BCUT2D eigenvalue weighted by Gasteiger charge is 2.21. The molecule has 0 saturated carbocycles. The summed E-state index contributed by atoms with van der Waals surface area (Å²) in [6.07, 6.45) is 1.11. The van der Waals surface area contributed by atoms with Gasteiger partial charge in [0.2, 0.25) is 5.95 Å². The third-order valence-electron chi connectivity index (χ3n) is 3.31. The molecule has 0 fully saturated rings. The van der Waals surface area contributed by atoms with Crippen LogP contribution >= 0.6 is 0 Å². The lowest BCUT2D eigenvalue weighted by Gasteiger charge is -2.13. The van der Waals surface area contributed by atoms with Gasteiger partial charge in [0, 0.05) is 14.1 Å². The Labute approximate surface area is 119 Å². The quantitative estimate of drug-likeness (QED) is 0.691. The van der Waals surface area contributed by atoms with E-state index in [1.807, 2.05) is 6.92 Å². The smallest absolute Gasteiger partial charge is 0.329 e. The van der Waals surface area contributed by atoms with Gasteiger partial charge < -0.3 is 15.0 Å². The molecule has 9 heteroatoms. The first-order chi connectivity index (χ1) is 9.86. The molecule has 0 aromatic carbocycles. The number of aromatic amines is 1. The van der Waals surface area contributed by atoms with Crippen LogP contribution in [0.25, 0.3) is 11.2 Å². The van der Waals surface area contributed by atoms with Crippen molar-refractivity contribution in [2.75, 3.05) is 5.32 Å². The van der Waals surface area contributed by atoms with Gasteiger partial charge in [-0.1, -0.05) is 13.3 Å². The topological polar surface area (TPSA) is 122 Å². The zero-order valence-electron chi connectivity index (χ0n) is 12.0. The average molecular weight is 295 g/mol. The summed E-state index contributed by atoms with van der Waals surface area (Å²) in [5.41, 5.74) is -0.714. The molecule has 3 N–H and O–H groups in total. The molecule has 0 bridgehead atoms. The molecular weight excluding hydrogens is 278 g/mol. The SMILES string of the molecule is CCCC(Nc1nc2c(c(=O)[nH]c(=O)n2C)n1C)C(=O)O. The number of hydrogen-bond acceptors (Lipinski definition) is 5. The highest BCUT2D eigenvalue weighted by Crippen LogP contribution is 2.15. The van der Waals surface area contributed by atoms with Crippen LogP contribution in [0.1, 0.15) is 19.8 Å². The van der Waals surface area contributed by atoms with Gasteiger partial charge in [-0.2, -0.15) is 4.98 Å². The van der Waals surface area contributed by atoms with Gasteiger partial charge in [-0.3, -0.25) is 14.3 Å². The summed E-state index contributed by atoms with van der Waals surface area (Å²) in [4.78, 5) is 40.9. The molecular formula is C12H17N5O4. The second-order valence-corrected chi connectivity index (χ2v) is 4.81. The number of H-pyrrole nitrogens is 1. The van der Waals surface area contributed by atoms with Crippen LogP contribution in [0.3, 0.4) is 0 Å². The molecule has 1 atom stereocenters. The summed E-state index contributed by atoms with van der Waals surface area (Å²) in [6.45, 7) is 1.88. The molecule has 2 heterocycles. The number of carboxylic acids is 1. The number of rotatable bonds is 5. The molecule has 114 valence electrons. The van der Waals surface area contributed by atoms with Gasteiger partial charge in [0.05, 0.1) is 0 Å². The Balaban J connectivity index is 2.56. The van der Waals surface area contributed by atoms with Crippen molar-refractivity contribution in [1.82, 2.24) is 19.1 Å². The number of imidazole rings is 1. The van der Waals surface area contributed by atoms with Gasteiger partial charge in [0.15, 0.2) is 11.2 Å². The highest BCUT2D eigenvalue weighted by molar-refractivity contribution is 5.79. The molecule has 0 saturated heterocycles.